The lowest BCUT2D eigenvalue weighted by Crippen LogP contribution is -2.24. The summed E-state index contributed by atoms with van der Waals surface area (Å²) in [5, 5.41) is 5.41. The number of hydrogen-bond donors (Lipinski definition) is 2. The highest BCUT2D eigenvalue weighted by atomic mass is 16.5. The maximum Gasteiger partial charge on any atom is 0.253 e. The molecule has 6 nitrogen and oxygen atoms in total. The fourth-order valence-electron chi connectivity index (χ4n) is 2.35. The van der Waals surface area contributed by atoms with Crippen LogP contribution in [0.25, 0.3) is 6.08 Å². The first kappa shape index (κ1) is 19.8. The van der Waals surface area contributed by atoms with Gasteiger partial charge in [0.1, 0.15) is 0 Å². The van der Waals surface area contributed by atoms with Crippen LogP contribution in [0.15, 0.2) is 61.2 Å². The molecule has 0 fully saturated rings. The van der Waals surface area contributed by atoms with Gasteiger partial charge in [-0.15, -0.1) is 6.58 Å². The molecule has 27 heavy (non-hydrogen) atoms. The molecule has 2 N–H and O–H groups in total. The Balaban J connectivity index is 2.11. The van der Waals surface area contributed by atoms with Crippen LogP contribution in [-0.2, 0) is 4.79 Å². The summed E-state index contributed by atoms with van der Waals surface area (Å²) in [5.74, 6) is 0.547. The van der Waals surface area contributed by atoms with Crippen molar-refractivity contribution < 1.29 is 19.1 Å². The van der Waals surface area contributed by atoms with Crippen LogP contribution in [-0.4, -0.2) is 32.6 Å². The predicted molar refractivity (Wildman–Crippen MR) is 106 cm³/mol. The highest BCUT2D eigenvalue weighted by Crippen LogP contribution is 2.28. The van der Waals surface area contributed by atoms with Crippen molar-refractivity contribution in [1.82, 2.24) is 5.32 Å². The van der Waals surface area contributed by atoms with Crippen molar-refractivity contribution in [2.45, 2.75) is 0 Å². The summed E-state index contributed by atoms with van der Waals surface area (Å²) < 4.78 is 10.4. The van der Waals surface area contributed by atoms with Crippen LogP contribution in [0.3, 0.4) is 0 Å². The maximum absolute atomic E-state index is 12.3. The summed E-state index contributed by atoms with van der Waals surface area (Å²) in [6.07, 6.45) is 4.63. The Morgan fingerprint density at radius 2 is 1.81 bits per heavy atom. The van der Waals surface area contributed by atoms with E-state index in [0.717, 1.165) is 5.56 Å². The molecule has 2 aromatic rings. The molecule has 0 aliphatic heterocycles. The fourth-order valence-corrected chi connectivity index (χ4v) is 2.35. The van der Waals surface area contributed by atoms with Gasteiger partial charge in [0, 0.05) is 12.6 Å². The molecule has 2 rings (SSSR count). The van der Waals surface area contributed by atoms with Crippen LogP contribution in [0.1, 0.15) is 15.9 Å². The second kappa shape index (κ2) is 9.82. The van der Waals surface area contributed by atoms with E-state index in [2.05, 4.69) is 17.2 Å². The van der Waals surface area contributed by atoms with Crippen LogP contribution < -0.4 is 20.1 Å². The number of carbonyl (C=O) groups is 2. The van der Waals surface area contributed by atoms with Gasteiger partial charge >= 0.3 is 0 Å². The van der Waals surface area contributed by atoms with Crippen molar-refractivity contribution in [3.63, 3.8) is 0 Å². The molecule has 0 radical (unpaired) electrons. The number of carbonyl (C=O) groups excluding carboxylic acids is 2. The number of nitrogens with one attached hydrogen (secondary N) is 2. The van der Waals surface area contributed by atoms with Crippen molar-refractivity contribution in [1.29, 1.82) is 0 Å². The lowest BCUT2D eigenvalue weighted by Gasteiger charge is -2.09. The molecular formula is C21H22N2O4. The Morgan fingerprint density at radius 1 is 1.07 bits per heavy atom. The zero-order chi connectivity index (χ0) is 19.6. The standard InChI is InChI=1S/C21H22N2O4/c1-4-13-22-21(25)16-7-5-6-8-17(16)23-20(24)12-10-15-9-11-18(26-2)19(14-15)27-3/h4-12,14H,1,13H2,2-3H3,(H,22,25)(H,23,24)/b12-10+. The Kier molecular flexibility index (Phi) is 7.19. The number of ether oxygens (including phenoxy) is 2. The van der Waals surface area contributed by atoms with Gasteiger partial charge in [0.15, 0.2) is 11.5 Å². The Labute approximate surface area is 158 Å². The number of methoxy groups -OCH3 is 2. The lowest BCUT2D eigenvalue weighted by molar-refractivity contribution is -0.111. The quantitative estimate of drug-likeness (QED) is 0.555. The van der Waals surface area contributed by atoms with Crippen molar-refractivity contribution in [3.05, 3.63) is 72.3 Å². The molecule has 0 heterocycles. The molecule has 0 saturated carbocycles. The van der Waals surface area contributed by atoms with E-state index in [1.807, 2.05) is 6.07 Å². The third-order valence-corrected chi connectivity index (χ3v) is 3.67. The van der Waals surface area contributed by atoms with Gasteiger partial charge in [-0.05, 0) is 35.9 Å². The predicted octanol–water partition coefficient (Wildman–Crippen LogP) is 3.27. The van der Waals surface area contributed by atoms with E-state index >= 15 is 0 Å². The molecule has 140 valence electrons. The number of hydrogen-bond acceptors (Lipinski definition) is 4. The first-order valence-electron chi connectivity index (χ1n) is 8.28. The van der Waals surface area contributed by atoms with Crippen LogP contribution in [0.4, 0.5) is 5.69 Å². The third-order valence-electron chi connectivity index (χ3n) is 3.67. The van der Waals surface area contributed by atoms with Gasteiger partial charge in [-0.1, -0.05) is 24.3 Å². The summed E-state index contributed by atoms with van der Waals surface area (Å²) in [7, 11) is 3.11. The van der Waals surface area contributed by atoms with Gasteiger partial charge in [-0.25, -0.2) is 0 Å². The largest absolute Gasteiger partial charge is 0.493 e. The molecule has 0 atom stereocenters. The van der Waals surface area contributed by atoms with Gasteiger partial charge < -0.3 is 20.1 Å². The zero-order valence-electron chi connectivity index (χ0n) is 15.3. The molecular weight excluding hydrogens is 344 g/mol. The first-order chi connectivity index (χ1) is 13.1. The van der Waals surface area contributed by atoms with Crippen LogP contribution in [0.2, 0.25) is 0 Å². The van der Waals surface area contributed by atoms with Crippen molar-refractivity contribution >= 4 is 23.6 Å². The summed E-state index contributed by atoms with van der Waals surface area (Å²) in [4.78, 5) is 24.4. The second-order valence-corrected chi connectivity index (χ2v) is 5.48. The van der Waals surface area contributed by atoms with Gasteiger partial charge in [0.25, 0.3) is 5.91 Å². The van der Waals surface area contributed by atoms with Crippen molar-refractivity contribution in [2.24, 2.45) is 0 Å². The minimum atomic E-state index is -0.353. The van der Waals surface area contributed by atoms with Gasteiger partial charge in [0.05, 0.1) is 25.5 Å². The lowest BCUT2D eigenvalue weighted by atomic mass is 10.1. The number of para-hydroxylation sites is 1. The molecule has 2 aromatic carbocycles. The van der Waals surface area contributed by atoms with Crippen molar-refractivity contribution in [3.8, 4) is 11.5 Å². The second-order valence-electron chi connectivity index (χ2n) is 5.48. The Bertz CT molecular complexity index is 859. The van der Waals surface area contributed by atoms with Gasteiger partial charge in [-0.2, -0.15) is 0 Å². The van der Waals surface area contributed by atoms with Crippen LogP contribution in [0.5, 0.6) is 11.5 Å². The smallest absolute Gasteiger partial charge is 0.253 e. The first-order valence-corrected chi connectivity index (χ1v) is 8.28. The maximum atomic E-state index is 12.3. The summed E-state index contributed by atoms with van der Waals surface area (Å²) in [6.45, 7) is 3.91. The molecule has 0 bridgehead atoms. The molecule has 0 aliphatic carbocycles. The van der Waals surface area contributed by atoms with Crippen molar-refractivity contribution in [2.75, 3.05) is 26.1 Å². The Morgan fingerprint density at radius 3 is 2.52 bits per heavy atom. The zero-order valence-corrected chi connectivity index (χ0v) is 15.3. The number of anilines is 1. The molecule has 2 amide bonds. The molecule has 0 aliphatic rings. The molecule has 0 aromatic heterocycles. The number of benzene rings is 2. The molecule has 6 heteroatoms. The fraction of sp³-hybridized carbons (Fsp3) is 0.143. The topological polar surface area (TPSA) is 76.7 Å². The van der Waals surface area contributed by atoms with E-state index in [1.165, 1.54) is 6.08 Å². The SMILES string of the molecule is C=CCNC(=O)c1ccccc1NC(=O)/C=C/c1ccc(OC)c(OC)c1. The van der Waals surface area contributed by atoms with Gasteiger partial charge in [-0.3, -0.25) is 9.59 Å². The average molecular weight is 366 g/mol. The molecule has 0 unspecified atom stereocenters. The molecule has 0 spiro atoms. The summed E-state index contributed by atoms with van der Waals surface area (Å²) in [5.41, 5.74) is 1.59. The minimum absolute atomic E-state index is 0.283. The number of amides is 2. The average Bonchev–Trinajstić information content (AvgIpc) is 2.70. The highest BCUT2D eigenvalue weighted by Gasteiger charge is 2.11. The van der Waals surface area contributed by atoms with Crippen LogP contribution in [0, 0.1) is 0 Å². The Hall–Kier alpha value is -3.54. The van der Waals surface area contributed by atoms with Crippen LogP contribution >= 0.6 is 0 Å². The van der Waals surface area contributed by atoms with E-state index in [4.69, 9.17) is 9.47 Å². The third kappa shape index (κ3) is 5.47. The monoisotopic (exact) mass is 366 g/mol. The van der Waals surface area contributed by atoms with Gasteiger partial charge in [0.2, 0.25) is 5.91 Å². The van der Waals surface area contributed by atoms with E-state index in [9.17, 15) is 9.59 Å². The number of rotatable bonds is 8. The minimum Gasteiger partial charge on any atom is -0.493 e. The highest BCUT2D eigenvalue weighted by molar-refractivity contribution is 6.07. The van der Waals surface area contributed by atoms with E-state index in [1.54, 1.807) is 62.8 Å². The summed E-state index contributed by atoms with van der Waals surface area (Å²) >= 11 is 0. The summed E-state index contributed by atoms with van der Waals surface area (Å²) in [6, 6.07) is 12.1. The van der Waals surface area contributed by atoms with E-state index in [-0.39, 0.29) is 11.8 Å². The van der Waals surface area contributed by atoms with E-state index in [0.29, 0.717) is 29.3 Å². The van der Waals surface area contributed by atoms with E-state index < -0.39 is 0 Å². The molecule has 0 saturated heterocycles. The normalized spacial score (nSPS) is 10.3.